The van der Waals surface area contributed by atoms with Gasteiger partial charge in [0.05, 0.1) is 26.4 Å². The summed E-state index contributed by atoms with van der Waals surface area (Å²) in [6, 6.07) is 3.84. The maximum Gasteiger partial charge on any atom is 0.161 e. The van der Waals surface area contributed by atoms with Crippen LogP contribution in [0.25, 0.3) is 0 Å². The quantitative estimate of drug-likeness (QED) is 0.891. The molecule has 1 aromatic rings. The zero-order valence-electron chi connectivity index (χ0n) is 10.9. The Labute approximate surface area is 107 Å². The second-order valence-corrected chi connectivity index (χ2v) is 4.20. The van der Waals surface area contributed by atoms with Gasteiger partial charge in [-0.15, -0.1) is 0 Å². The van der Waals surface area contributed by atoms with Crippen LogP contribution in [0, 0.1) is 0 Å². The van der Waals surface area contributed by atoms with Crippen LogP contribution in [0.2, 0.25) is 0 Å². The second-order valence-electron chi connectivity index (χ2n) is 4.20. The molecule has 1 atom stereocenters. The first kappa shape index (κ1) is 13.2. The minimum Gasteiger partial charge on any atom is -0.490 e. The van der Waals surface area contributed by atoms with Crippen LogP contribution in [0.1, 0.15) is 31.1 Å². The molecule has 0 spiro atoms. The van der Waals surface area contributed by atoms with Crippen molar-refractivity contribution in [1.82, 2.24) is 0 Å². The summed E-state index contributed by atoms with van der Waals surface area (Å²) in [7, 11) is 0. The van der Waals surface area contributed by atoms with Crippen LogP contribution in [0.5, 0.6) is 11.5 Å². The van der Waals surface area contributed by atoms with Crippen LogP contribution in [-0.4, -0.2) is 31.5 Å². The average Bonchev–Trinajstić information content (AvgIpc) is 2.53. The van der Waals surface area contributed by atoms with Crippen molar-refractivity contribution in [3.8, 4) is 11.5 Å². The van der Waals surface area contributed by atoms with E-state index in [4.69, 9.17) is 14.2 Å². The van der Waals surface area contributed by atoms with E-state index < -0.39 is 6.10 Å². The van der Waals surface area contributed by atoms with Crippen molar-refractivity contribution in [3.63, 3.8) is 0 Å². The highest BCUT2D eigenvalue weighted by Crippen LogP contribution is 2.35. The predicted octanol–water partition coefficient (Wildman–Crippen LogP) is 2.09. The lowest BCUT2D eigenvalue weighted by atomic mass is 10.0. The molecular formula is C14H20O4. The van der Waals surface area contributed by atoms with E-state index in [0.29, 0.717) is 32.2 Å². The molecule has 18 heavy (non-hydrogen) atoms. The number of hydrogen-bond acceptors (Lipinski definition) is 4. The third kappa shape index (κ3) is 2.76. The first-order valence-corrected chi connectivity index (χ1v) is 6.44. The summed E-state index contributed by atoms with van der Waals surface area (Å²) in [6.07, 6.45) is 0.205. The molecule has 0 saturated heterocycles. The lowest BCUT2D eigenvalue weighted by molar-refractivity contribution is 0.0451. The highest BCUT2D eigenvalue weighted by molar-refractivity contribution is 5.48. The third-order valence-corrected chi connectivity index (χ3v) is 2.96. The highest BCUT2D eigenvalue weighted by atomic mass is 16.5. The second kappa shape index (κ2) is 6.07. The summed E-state index contributed by atoms with van der Waals surface area (Å²) in [5.74, 6) is 1.44. The van der Waals surface area contributed by atoms with Gasteiger partial charge in [0.1, 0.15) is 6.10 Å². The molecule has 0 radical (unpaired) electrons. The predicted molar refractivity (Wildman–Crippen MR) is 68.3 cm³/mol. The van der Waals surface area contributed by atoms with Gasteiger partial charge in [0.25, 0.3) is 0 Å². The minimum absolute atomic E-state index is 0.340. The molecule has 0 saturated carbocycles. The van der Waals surface area contributed by atoms with E-state index in [1.54, 1.807) is 0 Å². The average molecular weight is 252 g/mol. The Kier molecular flexibility index (Phi) is 4.44. The molecule has 1 unspecified atom stereocenters. The molecule has 4 nitrogen and oxygen atoms in total. The number of aliphatic hydroxyl groups is 1. The molecule has 1 heterocycles. The summed E-state index contributed by atoms with van der Waals surface area (Å²) in [6.45, 7) is 6.01. The van der Waals surface area contributed by atoms with E-state index in [9.17, 15) is 5.11 Å². The molecule has 1 aromatic carbocycles. The monoisotopic (exact) mass is 252 g/mol. The summed E-state index contributed by atoms with van der Waals surface area (Å²) < 4.78 is 16.5. The molecule has 0 amide bonds. The first-order chi connectivity index (χ1) is 8.76. The van der Waals surface area contributed by atoms with Crippen molar-refractivity contribution in [1.29, 1.82) is 0 Å². The van der Waals surface area contributed by atoms with Gasteiger partial charge in [0, 0.05) is 0 Å². The van der Waals surface area contributed by atoms with Gasteiger partial charge in [-0.2, -0.15) is 0 Å². The topological polar surface area (TPSA) is 47.9 Å². The molecule has 0 bridgehead atoms. The fourth-order valence-electron chi connectivity index (χ4n) is 2.15. The van der Waals surface area contributed by atoms with E-state index >= 15 is 0 Å². The van der Waals surface area contributed by atoms with Crippen LogP contribution < -0.4 is 9.47 Å². The Hall–Kier alpha value is -1.26. The van der Waals surface area contributed by atoms with Crippen molar-refractivity contribution >= 4 is 0 Å². The fraction of sp³-hybridized carbons (Fsp3) is 0.571. The standard InChI is InChI=1S/C14H20O4/c1-3-17-13-7-10-5-6-16-9-12(15)11(10)8-14(13)18-4-2/h7-8,12,15H,3-6,9H2,1-2H3. The Bertz CT molecular complexity index is 403. The summed E-state index contributed by atoms with van der Waals surface area (Å²) >= 11 is 0. The number of aliphatic hydroxyl groups excluding tert-OH is 1. The van der Waals surface area contributed by atoms with E-state index in [1.807, 2.05) is 26.0 Å². The number of rotatable bonds is 4. The molecule has 4 heteroatoms. The molecule has 1 aliphatic rings. The molecule has 2 rings (SSSR count). The van der Waals surface area contributed by atoms with E-state index in [0.717, 1.165) is 23.3 Å². The van der Waals surface area contributed by atoms with Gasteiger partial charge in [-0.3, -0.25) is 0 Å². The summed E-state index contributed by atoms with van der Waals surface area (Å²) in [5, 5.41) is 10.0. The maximum absolute atomic E-state index is 10.0. The van der Waals surface area contributed by atoms with Crippen molar-refractivity contribution in [2.75, 3.05) is 26.4 Å². The largest absolute Gasteiger partial charge is 0.490 e. The van der Waals surface area contributed by atoms with Gasteiger partial charge in [-0.05, 0) is 43.5 Å². The van der Waals surface area contributed by atoms with Gasteiger partial charge in [-0.25, -0.2) is 0 Å². The van der Waals surface area contributed by atoms with Crippen molar-refractivity contribution in [2.24, 2.45) is 0 Å². The Morgan fingerprint density at radius 2 is 1.89 bits per heavy atom. The Morgan fingerprint density at radius 3 is 2.56 bits per heavy atom. The molecular weight excluding hydrogens is 232 g/mol. The number of fused-ring (bicyclic) bond motifs is 1. The lowest BCUT2D eigenvalue weighted by Crippen LogP contribution is -2.06. The van der Waals surface area contributed by atoms with Gasteiger partial charge in [-0.1, -0.05) is 0 Å². The van der Waals surface area contributed by atoms with Crippen molar-refractivity contribution in [3.05, 3.63) is 23.3 Å². The zero-order valence-corrected chi connectivity index (χ0v) is 10.9. The molecule has 1 aliphatic heterocycles. The Morgan fingerprint density at radius 1 is 1.22 bits per heavy atom. The number of hydrogen-bond donors (Lipinski definition) is 1. The van der Waals surface area contributed by atoms with Crippen LogP contribution >= 0.6 is 0 Å². The maximum atomic E-state index is 10.0. The van der Waals surface area contributed by atoms with Gasteiger partial charge < -0.3 is 19.3 Å². The third-order valence-electron chi connectivity index (χ3n) is 2.96. The molecule has 100 valence electrons. The van der Waals surface area contributed by atoms with Crippen molar-refractivity contribution in [2.45, 2.75) is 26.4 Å². The highest BCUT2D eigenvalue weighted by Gasteiger charge is 2.20. The first-order valence-electron chi connectivity index (χ1n) is 6.44. The molecule has 0 aromatic heterocycles. The number of ether oxygens (including phenoxy) is 3. The van der Waals surface area contributed by atoms with E-state index in [1.165, 1.54) is 0 Å². The van der Waals surface area contributed by atoms with E-state index in [-0.39, 0.29) is 0 Å². The van der Waals surface area contributed by atoms with Crippen LogP contribution in [0.3, 0.4) is 0 Å². The minimum atomic E-state index is -0.586. The Balaban J connectivity index is 2.40. The van der Waals surface area contributed by atoms with E-state index in [2.05, 4.69) is 0 Å². The summed E-state index contributed by atoms with van der Waals surface area (Å²) in [4.78, 5) is 0. The zero-order chi connectivity index (χ0) is 13.0. The number of benzene rings is 1. The van der Waals surface area contributed by atoms with Crippen LogP contribution in [0.15, 0.2) is 12.1 Å². The van der Waals surface area contributed by atoms with Gasteiger partial charge in [0.15, 0.2) is 11.5 Å². The van der Waals surface area contributed by atoms with Crippen molar-refractivity contribution < 1.29 is 19.3 Å². The molecule has 0 fully saturated rings. The normalized spacial score (nSPS) is 18.9. The van der Waals surface area contributed by atoms with Gasteiger partial charge in [0.2, 0.25) is 0 Å². The smallest absolute Gasteiger partial charge is 0.161 e. The molecule has 1 N–H and O–H groups in total. The SMILES string of the molecule is CCOc1cc2c(cc1OCC)C(O)COCC2. The molecule has 0 aliphatic carbocycles. The lowest BCUT2D eigenvalue weighted by Gasteiger charge is -2.17. The van der Waals surface area contributed by atoms with Crippen LogP contribution in [0.4, 0.5) is 0 Å². The fourth-order valence-corrected chi connectivity index (χ4v) is 2.15. The van der Waals surface area contributed by atoms with Crippen LogP contribution in [-0.2, 0) is 11.2 Å². The summed E-state index contributed by atoms with van der Waals surface area (Å²) in [5.41, 5.74) is 1.96. The van der Waals surface area contributed by atoms with Gasteiger partial charge >= 0.3 is 0 Å².